The summed E-state index contributed by atoms with van der Waals surface area (Å²) in [5.41, 5.74) is 3.38. The summed E-state index contributed by atoms with van der Waals surface area (Å²) in [5, 5.41) is 3.30. The molecule has 0 aliphatic heterocycles. The molecular weight excluding hydrogens is 418 g/mol. The predicted molar refractivity (Wildman–Crippen MR) is 127 cm³/mol. The third-order valence-corrected chi connectivity index (χ3v) is 5.57. The van der Waals surface area contributed by atoms with E-state index in [1.54, 1.807) is 24.3 Å². The molecule has 0 spiro atoms. The number of benzene rings is 3. The number of carbonyl (C=O) groups excluding carboxylic acids is 1. The largest absolute Gasteiger partial charge is 0.352 e. The second kappa shape index (κ2) is 8.58. The highest BCUT2D eigenvalue weighted by atomic mass is 16.2. The number of carbonyl (C=O) groups is 1. The zero-order chi connectivity index (χ0) is 22.8. The van der Waals surface area contributed by atoms with Gasteiger partial charge in [0.1, 0.15) is 5.82 Å². The van der Waals surface area contributed by atoms with Crippen molar-refractivity contribution in [2.45, 2.75) is 19.5 Å². The molecule has 5 rings (SSSR count). The second-order valence-corrected chi connectivity index (χ2v) is 7.75. The highest BCUT2D eigenvalue weighted by Gasteiger charge is 2.09. The van der Waals surface area contributed by atoms with Gasteiger partial charge < -0.3 is 10.3 Å². The number of amides is 1. The first-order valence-corrected chi connectivity index (χ1v) is 10.6. The van der Waals surface area contributed by atoms with E-state index in [2.05, 4.69) is 20.3 Å². The first-order chi connectivity index (χ1) is 16.1. The maximum atomic E-state index is 12.4. The van der Waals surface area contributed by atoms with Crippen molar-refractivity contribution in [3.8, 4) is 11.4 Å². The van der Waals surface area contributed by atoms with Gasteiger partial charge in [-0.25, -0.2) is 9.78 Å². The van der Waals surface area contributed by atoms with E-state index in [9.17, 15) is 14.4 Å². The molecule has 0 saturated carbocycles. The van der Waals surface area contributed by atoms with Gasteiger partial charge >= 0.3 is 5.69 Å². The number of imidazole rings is 1. The second-order valence-electron chi connectivity index (χ2n) is 7.75. The Hall–Kier alpha value is -4.46. The van der Waals surface area contributed by atoms with E-state index >= 15 is 0 Å². The van der Waals surface area contributed by atoms with Gasteiger partial charge in [-0.1, -0.05) is 48.5 Å². The van der Waals surface area contributed by atoms with Crippen molar-refractivity contribution in [2.24, 2.45) is 0 Å². The van der Waals surface area contributed by atoms with Crippen LogP contribution in [0.3, 0.4) is 0 Å². The summed E-state index contributed by atoms with van der Waals surface area (Å²) in [6.45, 7) is 0.549. The molecule has 164 valence electrons. The number of aryl methyl sites for hydroxylation is 1. The molecule has 8 nitrogen and oxygen atoms in total. The van der Waals surface area contributed by atoms with Crippen LogP contribution in [-0.4, -0.2) is 25.4 Å². The molecule has 0 saturated heterocycles. The van der Waals surface area contributed by atoms with E-state index in [1.165, 1.54) is 4.57 Å². The zero-order valence-electron chi connectivity index (χ0n) is 17.7. The monoisotopic (exact) mass is 439 g/mol. The minimum absolute atomic E-state index is 0.118. The van der Waals surface area contributed by atoms with Crippen LogP contribution in [0.5, 0.6) is 0 Å². The molecule has 0 fully saturated rings. The van der Waals surface area contributed by atoms with Crippen LogP contribution < -0.4 is 16.6 Å². The third-order valence-electron chi connectivity index (χ3n) is 5.57. The van der Waals surface area contributed by atoms with Gasteiger partial charge in [0.05, 0.1) is 21.9 Å². The molecule has 3 aromatic carbocycles. The summed E-state index contributed by atoms with van der Waals surface area (Å²) in [4.78, 5) is 46.8. The lowest BCUT2D eigenvalue weighted by Gasteiger charge is -2.10. The van der Waals surface area contributed by atoms with Crippen molar-refractivity contribution >= 4 is 27.8 Å². The normalized spacial score (nSPS) is 11.2. The van der Waals surface area contributed by atoms with Gasteiger partial charge in [0.15, 0.2) is 0 Å². The first-order valence-electron chi connectivity index (χ1n) is 10.6. The number of hydrogen-bond donors (Lipinski definition) is 3. The van der Waals surface area contributed by atoms with Crippen LogP contribution >= 0.6 is 0 Å². The molecule has 8 heteroatoms. The molecule has 5 aromatic rings. The molecule has 0 aliphatic rings. The van der Waals surface area contributed by atoms with E-state index in [0.29, 0.717) is 17.4 Å². The van der Waals surface area contributed by atoms with E-state index in [0.717, 1.165) is 28.0 Å². The summed E-state index contributed by atoms with van der Waals surface area (Å²) >= 11 is 0. The molecule has 2 aromatic heterocycles. The highest BCUT2D eigenvalue weighted by molar-refractivity contribution is 5.80. The summed E-state index contributed by atoms with van der Waals surface area (Å²) in [7, 11) is 0. The number of para-hydroxylation sites is 3. The lowest BCUT2D eigenvalue weighted by atomic mass is 10.1. The van der Waals surface area contributed by atoms with Crippen LogP contribution in [0.15, 0.2) is 82.4 Å². The van der Waals surface area contributed by atoms with Crippen molar-refractivity contribution < 1.29 is 4.79 Å². The topological polar surface area (TPSA) is 113 Å². The van der Waals surface area contributed by atoms with Crippen LogP contribution in [0.1, 0.15) is 12.0 Å². The third kappa shape index (κ3) is 4.18. The molecule has 0 unspecified atom stereocenters. The van der Waals surface area contributed by atoms with Gasteiger partial charge in [-0.15, -0.1) is 0 Å². The number of aromatic amines is 2. The maximum Gasteiger partial charge on any atom is 0.328 e. The molecule has 0 aliphatic carbocycles. The van der Waals surface area contributed by atoms with Crippen molar-refractivity contribution in [1.82, 2.24) is 24.8 Å². The fourth-order valence-corrected chi connectivity index (χ4v) is 3.84. The Bertz CT molecular complexity index is 1550. The number of fused-ring (bicyclic) bond motifs is 2. The van der Waals surface area contributed by atoms with E-state index in [-0.39, 0.29) is 18.9 Å². The Morgan fingerprint density at radius 2 is 1.67 bits per heavy atom. The summed E-state index contributed by atoms with van der Waals surface area (Å²) in [6, 6.07) is 22.5. The van der Waals surface area contributed by atoms with Gasteiger partial charge in [-0.2, -0.15) is 0 Å². The Kier molecular flexibility index (Phi) is 5.32. The number of hydrogen-bond acceptors (Lipinski definition) is 4. The van der Waals surface area contributed by atoms with Crippen LogP contribution in [-0.2, 0) is 17.9 Å². The lowest BCUT2D eigenvalue weighted by molar-refractivity contribution is -0.121. The van der Waals surface area contributed by atoms with Crippen molar-refractivity contribution in [3.05, 3.63) is 99.2 Å². The van der Waals surface area contributed by atoms with Gasteiger partial charge in [-0.3, -0.25) is 19.1 Å². The summed E-state index contributed by atoms with van der Waals surface area (Å²) < 4.78 is 1.42. The average Bonchev–Trinajstić information content (AvgIpc) is 3.27. The molecule has 0 bridgehead atoms. The van der Waals surface area contributed by atoms with Crippen LogP contribution in [0, 0.1) is 0 Å². The van der Waals surface area contributed by atoms with Crippen molar-refractivity contribution in [2.75, 3.05) is 0 Å². The van der Waals surface area contributed by atoms with E-state index in [1.807, 2.05) is 48.5 Å². The van der Waals surface area contributed by atoms with Crippen LogP contribution in [0.4, 0.5) is 0 Å². The quantitative estimate of drug-likeness (QED) is 0.378. The lowest BCUT2D eigenvalue weighted by Crippen LogP contribution is -2.32. The van der Waals surface area contributed by atoms with Gasteiger partial charge in [0.2, 0.25) is 5.91 Å². The van der Waals surface area contributed by atoms with Gasteiger partial charge in [0.25, 0.3) is 5.56 Å². The van der Waals surface area contributed by atoms with E-state index < -0.39 is 11.2 Å². The number of nitrogens with zero attached hydrogens (tertiary/aromatic N) is 2. The predicted octanol–water partition coefficient (Wildman–Crippen LogP) is 2.94. The summed E-state index contributed by atoms with van der Waals surface area (Å²) in [6.07, 6.45) is 0.118. The fraction of sp³-hybridized carbons (Fsp3) is 0.120. The average molecular weight is 439 g/mol. The molecular formula is C25H21N5O3. The number of H-pyrrole nitrogens is 2. The Morgan fingerprint density at radius 3 is 2.48 bits per heavy atom. The first kappa shape index (κ1) is 20.4. The molecule has 33 heavy (non-hydrogen) atoms. The minimum Gasteiger partial charge on any atom is -0.352 e. The molecule has 0 radical (unpaired) electrons. The van der Waals surface area contributed by atoms with Gasteiger partial charge in [0, 0.05) is 25.1 Å². The number of rotatable bonds is 6. The Morgan fingerprint density at radius 1 is 0.909 bits per heavy atom. The Balaban J connectivity index is 1.22. The molecule has 3 N–H and O–H groups in total. The zero-order valence-corrected chi connectivity index (χ0v) is 17.7. The van der Waals surface area contributed by atoms with Crippen molar-refractivity contribution in [1.29, 1.82) is 0 Å². The van der Waals surface area contributed by atoms with E-state index in [4.69, 9.17) is 0 Å². The standard InChI is InChI=1S/C25H21N5O3/c31-22(13-14-30-21-8-4-1-5-18(21)24(32)29-25(30)33)26-15-16-9-11-17(12-10-16)23-27-19-6-2-3-7-20(19)28-23/h1-12H,13-15H2,(H,26,31)(H,27,28)(H,29,32,33). The highest BCUT2D eigenvalue weighted by Crippen LogP contribution is 2.20. The Labute approximate surface area is 187 Å². The van der Waals surface area contributed by atoms with Crippen LogP contribution in [0.25, 0.3) is 33.3 Å². The molecule has 2 heterocycles. The van der Waals surface area contributed by atoms with Crippen molar-refractivity contribution in [3.63, 3.8) is 0 Å². The minimum atomic E-state index is -0.521. The fourth-order valence-electron chi connectivity index (χ4n) is 3.84. The number of aromatic nitrogens is 4. The summed E-state index contributed by atoms with van der Waals surface area (Å²) in [5.74, 6) is 0.615. The van der Waals surface area contributed by atoms with Gasteiger partial charge in [-0.05, 0) is 29.8 Å². The maximum absolute atomic E-state index is 12.4. The smallest absolute Gasteiger partial charge is 0.328 e. The molecule has 0 atom stereocenters. The van der Waals surface area contributed by atoms with Crippen LogP contribution in [0.2, 0.25) is 0 Å². The SMILES string of the molecule is O=C(CCn1c(=O)[nH]c(=O)c2ccccc21)NCc1ccc(-c2nc3ccccc3[nH]2)cc1. The molecule has 1 amide bonds. The number of nitrogens with one attached hydrogen (secondary N) is 3.